The van der Waals surface area contributed by atoms with Gasteiger partial charge in [-0.25, -0.2) is 0 Å². The average molecular weight is 134 g/mol. The third-order valence-electron chi connectivity index (χ3n) is 1.54. The Kier molecular flexibility index (Phi) is 3.69. The van der Waals surface area contributed by atoms with Crippen LogP contribution in [0.5, 0.6) is 0 Å². The van der Waals surface area contributed by atoms with E-state index in [0.29, 0.717) is 0 Å². The third kappa shape index (κ3) is 3.29. The number of hydrogen-bond donors (Lipinski definition) is 0. The molecule has 0 heterocycles. The van der Waals surface area contributed by atoms with Crippen molar-refractivity contribution in [3.05, 3.63) is 36.5 Å². The number of hydrogen-bond acceptors (Lipinski definition) is 0. The highest BCUT2D eigenvalue weighted by atomic mass is 13.9. The van der Waals surface area contributed by atoms with Gasteiger partial charge < -0.3 is 0 Å². The Morgan fingerprint density at radius 2 is 0.900 bits per heavy atom. The minimum atomic E-state index is 1.10. The largest absolute Gasteiger partial charge is 0.0879 e. The lowest BCUT2D eigenvalue weighted by Crippen LogP contribution is -1.68. The summed E-state index contributed by atoms with van der Waals surface area (Å²) in [5.74, 6) is 0. The lowest BCUT2D eigenvalue weighted by molar-refractivity contribution is 1.03. The van der Waals surface area contributed by atoms with Crippen molar-refractivity contribution < 1.29 is 0 Å². The summed E-state index contributed by atoms with van der Waals surface area (Å²) in [4.78, 5) is 0. The molecule has 0 radical (unpaired) electrons. The summed E-state index contributed by atoms with van der Waals surface area (Å²) < 4.78 is 0. The molecule has 0 amide bonds. The summed E-state index contributed by atoms with van der Waals surface area (Å²) in [5, 5.41) is 0. The molecule has 0 N–H and O–H groups in total. The molecule has 0 fully saturated rings. The molecule has 0 atom stereocenters. The van der Waals surface area contributed by atoms with Crippen LogP contribution in [0.4, 0.5) is 0 Å². The molecular formula is C10H14. The highest BCUT2D eigenvalue weighted by molar-refractivity contribution is 4.99. The second-order valence-corrected chi connectivity index (χ2v) is 2.46. The van der Waals surface area contributed by atoms with Crippen molar-refractivity contribution in [2.24, 2.45) is 0 Å². The summed E-state index contributed by atoms with van der Waals surface area (Å²) in [7, 11) is 0. The molecule has 1 aliphatic carbocycles. The quantitative estimate of drug-likeness (QED) is 0.446. The Labute approximate surface area is 62.9 Å². The summed E-state index contributed by atoms with van der Waals surface area (Å²) in [6, 6.07) is 0. The van der Waals surface area contributed by atoms with Crippen LogP contribution in [0.25, 0.3) is 0 Å². The first-order chi connectivity index (χ1) is 5.00. The van der Waals surface area contributed by atoms with Crippen molar-refractivity contribution in [2.75, 3.05) is 0 Å². The molecule has 0 aliphatic heterocycles. The Morgan fingerprint density at radius 3 is 1.40 bits per heavy atom. The highest BCUT2D eigenvalue weighted by Gasteiger charge is 1.79. The Morgan fingerprint density at radius 1 is 0.500 bits per heavy atom. The van der Waals surface area contributed by atoms with E-state index in [0.717, 1.165) is 12.8 Å². The Bertz CT molecular complexity index is 131. The van der Waals surface area contributed by atoms with E-state index >= 15 is 0 Å². The molecule has 0 heteroatoms. The van der Waals surface area contributed by atoms with Gasteiger partial charge in [-0.1, -0.05) is 36.5 Å². The van der Waals surface area contributed by atoms with Crippen molar-refractivity contribution in [1.29, 1.82) is 0 Å². The zero-order valence-electron chi connectivity index (χ0n) is 6.29. The predicted octanol–water partition coefficient (Wildman–Crippen LogP) is 3.23. The van der Waals surface area contributed by atoms with E-state index in [1.165, 1.54) is 12.8 Å². The highest BCUT2D eigenvalue weighted by Crippen LogP contribution is 1.99. The van der Waals surface area contributed by atoms with Crippen LogP contribution in [-0.2, 0) is 0 Å². The molecule has 54 valence electrons. The van der Waals surface area contributed by atoms with Gasteiger partial charge in [0.15, 0.2) is 0 Å². The topological polar surface area (TPSA) is 0 Å². The van der Waals surface area contributed by atoms with Crippen LogP contribution in [0.2, 0.25) is 0 Å². The average Bonchev–Trinajstić information content (AvgIpc) is 2.01. The van der Waals surface area contributed by atoms with E-state index in [1.807, 2.05) is 0 Å². The minimum Gasteiger partial charge on any atom is -0.0879 e. The normalized spacial score (nSPS) is 25.6. The maximum absolute atomic E-state index is 2.25. The van der Waals surface area contributed by atoms with E-state index in [9.17, 15) is 0 Å². The zero-order chi connectivity index (χ0) is 7.07. The smallest absolute Gasteiger partial charge is 0.0169 e. The molecule has 0 nitrogen and oxygen atoms in total. The van der Waals surface area contributed by atoms with Crippen molar-refractivity contribution in [2.45, 2.75) is 25.7 Å². The Balaban J connectivity index is 2.38. The van der Waals surface area contributed by atoms with Crippen LogP contribution in [0, 0.1) is 0 Å². The van der Waals surface area contributed by atoms with Crippen LogP contribution in [0.1, 0.15) is 25.7 Å². The number of allylic oxidation sites excluding steroid dienone is 6. The predicted molar refractivity (Wildman–Crippen MR) is 45.9 cm³/mol. The first-order valence-electron chi connectivity index (χ1n) is 3.95. The molecule has 0 aromatic heterocycles. The molecule has 0 aromatic carbocycles. The summed E-state index contributed by atoms with van der Waals surface area (Å²) >= 11 is 0. The molecule has 0 saturated heterocycles. The minimum absolute atomic E-state index is 1.10. The maximum atomic E-state index is 2.25. The fraction of sp³-hybridized carbons (Fsp3) is 0.400. The first kappa shape index (κ1) is 7.33. The second kappa shape index (κ2) is 5.04. The van der Waals surface area contributed by atoms with Crippen molar-refractivity contribution in [3.63, 3.8) is 0 Å². The molecule has 0 aromatic rings. The fourth-order valence-electron chi connectivity index (χ4n) is 0.970. The number of rotatable bonds is 0. The molecule has 0 unspecified atom stereocenters. The summed E-state index contributed by atoms with van der Waals surface area (Å²) in [6.45, 7) is 0. The zero-order valence-corrected chi connectivity index (χ0v) is 6.29. The second-order valence-electron chi connectivity index (χ2n) is 2.46. The van der Waals surface area contributed by atoms with E-state index in [-0.39, 0.29) is 0 Å². The fourth-order valence-corrected chi connectivity index (χ4v) is 0.970. The van der Waals surface area contributed by atoms with E-state index < -0.39 is 0 Å². The van der Waals surface area contributed by atoms with Crippen molar-refractivity contribution >= 4 is 0 Å². The Hall–Kier alpha value is -0.780. The van der Waals surface area contributed by atoms with Gasteiger partial charge in [0, 0.05) is 0 Å². The van der Waals surface area contributed by atoms with Gasteiger partial charge in [0.2, 0.25) is 0 Å². The van der Waals surface area contributed by atoms with Crippen LogP contribution in [0.15, 0.2) is 36.5 Å². The lowest BCUT2D eigenvalue weighted by atomic mass is 10.2. The van der Waals surface area contributed by atoms with E-state index in [1.54, 1.807) is 0 Å². The van der Waals surface area contributed by atoms with Crippen LogP contribution >= 0.6 is 0 Å². The maximum Gasteiger partial charge on any atom is -0.0169 e. The van der Waals surface area contributed by atoms with E-state index in [4.69, 9.17) is 0 Å². The standard InChI is InChI=1S/C10H14/c1-2-4-6-8-10-9-7-5-3-1/h1-2,5-8H,3-4,9-10H2/b2-1?,7-5-,8-6-. The van der Waals surface area contributed by atoms with E-state index in [2.05, 4.69) is 36.5 Å². The van der Waals surface area contributed by atoms with Crippen LogP contribution in [0.3, 0.4) is 0 Å². The molecule has 10 heavy (non-hydrogen) atoms. The van der Waals surface area contributed by atoms with Gasteiger partial charge in [-0.05, 0) is 25.7 Å². The van der Waals surface area contributed by atoms with Gasteiger partial charge >= 0.3 is 0 Å². The monoisotopic (exact) mass is 134 g/mol. The third-order valence-corrected chi connectivity index (χ3v) is 1.54. The van der Waals surface area contributed by atoms with Gasteiger partial charge in [0.05, 0.1) is 0 Å². The van der Waals surface area contributed by atoms with Gasteiger partial charge in [0.1, 0.15) is 0 Å². The summed E-state index contributed by atoms with van der Waals surface area (Å²) in [5.41, 5.74) is 0. The molecule has 0 bridgehead atoms. The molecule has 0 saturated carbocycles. The van der Waals surface area contributed by atoms with Gasteiger partial charge in [0.25, 0.3) is 0 Å². The van der Waals surface area contributed by atoms with Crippen LogP contribution in [-0.4, -0.2) is 0 Å². The van der Waals surface area contributed by atoms with Gasteiger partial charge in [-0.15, -0.1) is 0 Å². The van der Waals surface area contributed by atoms with Gasteiger partial charge in [-0.3, -0.25) is 0 Å². The van der Waals surface area contributed by atoms with Crippen molar-refractivity contribution in [3.8, 4) is 0 Å². The molecule has 1 aliphatic rings. The molecule has 0 spiro atoms. The van der Waals surface area contributed by atoms with Crippen molar-refractivity contribution in [1.82, 2.24) is 0 Å². The lowest BCUT2D eigenvalue weighted by Gasteiger charge is -1.89. The molecule has 1 rings (SSSR count). The first-order valence-corrected chi connectivity index (χ1v) is 3.95. The van der Waals surface area contributed by atoms with Crippen LogP contribution < -0.4 is 0 Å². The van der Waals surface area contributed by atoms with Gasteiger partial charge in [-0.2, -0.15) is 0 Å². The SMILES string of the molecule is C1=CC/C=C\CC/C=C\C1. The summed E-state index contributed by atoms with van der Waals surface area (Å²) in [6.07, 6.45) is 18.0. The molecular weight excluding hydrogens is 120 g/mol.